The molecule has 0 aliphatic heterocycles. The normalized spacial score (nSPS) is 20.0. The zero-order chi connectivity index (χ0) is 11.3. The lowest BCUT2D eigenvalue weighted by Gasteiger charge is -2.41. The molecule has 1 atom stereocenters. The Balaban J connectivity index is 2.26. The summed E-state index contributed by atoms with van der Waals surface area (Å²) in [6, 6.07) is 0.0503. The van der Waals surface area contributed by atoms with Crippen molar-refractivity contribution in [1.29, 1.82) is 0 Å². The fourth-order valence-electron chi connectivity index (χ4n) is 2.16. The predicted molar refractivity (Wildman–Crippen MR) is 61.7 cm³/mol. The molecule has 1 rings (SSSR count). The molecular formula is C12H25NO2. The van der Waals surface area contributed by atoms with E-state index in [1.54, 1.807) is 0 Å². The average molecular weight is 215 g/mol. The van der Waals surface area contributed by atoms with Gasteiger partial charge in [0, 0.05) is 19.2 Å². The summed E-state index contributed by atoms with van der Waals surface area (Å²) in [7, 11) is 0. The molecule has 0 saturated heterocycles. The van der Waals surface area contributed by atoms with Crippen LogP contribution in [0.2, 0.25) is 0 Å². The number of aliphatic hydroxyl groups excluding tert-OH is 2. The van der Waals surface area contributed by atoms with E-state index < -0.39 is 0 Å². The predicted octanol–water partition coefficient (Wildman–Crippen LogP) is 1.15. The number of rotatable bonds is 7. The number of hydrogen-bond acceptors (Lipinski definition) is 3. The lowest BCUT2D eigenvalue weighted by molar-refractivity contribution is 0.106. The third kappa shape index (κ3) is 3.74. The van der Waals surface area contributed by atoms with E-state index in [0.717, 1.165) is 12.5 Å². The third-order valence-corrected chi connectivity index (χ3v) is 3.75. The number of hydrogen-bond donors (Lipinski definition) is 3. The first-order valence-electron chi connectivity index (χ1n) is 6.05. The van der Waals surface area contributed by atoms with Crippen LogP contribution in [0.15, 0.2) is 0 Å². The van der Waals surface area contributed by atoms with E-state index in [2.05, 4.69) is 19.2 Å². The smallest absolute Gasteiger partial charge is 0.0585 e. The van der Waals surface area contributed by atoms with Crippen molar-refractivity contribution < 1.29 is 10.2 Å². The zero-order valence-corrected chi connectivity index (χ0v) is 10.00. The first kappa shape index (κ1) is 12.9. The van der Waals surface area contributed by atoms with Crippen LogP contribution in [0.3, 0.4) is 0 Å². The van der Waals surface area contributed by atoms with Crippen molar-refractivity contribution in [2.75, 3.05) is 19.8 Å². The summed E-state index contributed by atoms with van der Waals surface area (Å²) in [5.74, 6) is 0.832. The molecule has 0 heterocycles. The molecule has 15 heavy (non-hydrogen) atoms. The summed E-state index contributed by atoms with van der Waals surface area (Å²) in [5.41, 5.74) is 0.321. The Bertz CT molecular complexity index is 178. The van der Waals surface area contributed by atoms with Gasteiger partial charge in [-0.25, -0.2) is 0 Å². The van der Waals surface area contributed by atoms with Crippen LogP contribution in [0.5, 0.6) is 0 Å². The molecule has 90 valence electrons. The molecule has 3 nitrogen and oxygen atoms in total. The van der Waals surface area contributed by atoms with E-state index in [1.165, 1.54) is 19.3 Å². The van der Waals surface area contributed by atoms with Gasteiger partial charge in [-0.1, -0.05) is 20.3 Å². The molecule has 0 amide bonds. The Morgan fingerprint density at radius 3 is 2.40 bits per heavy atom. The minimum absolute atomic E-state index is 0.0503. The Morgan fingerprint density at radius 2 is 2.00 bits per heavy atom. The molecule has 1 aliphatic rings. The molecule has 3 heteroatoms. The standard InChI is InChI=1S/C12H25NO2/c1-12(2,10-4-3-5-10)9-13-11(8-15)6-7-14/h10-11,13-15H,3-9H2,1-2H3. The van der Waals surface area contributed by atoms with Gasteiger partial charge in [0.15, 0.2) is 0 Å². The highest BCUT2D eigenvalue weighted by Crippen LogP contribution is 2.41. The first-order valence-corrected chi connectivity index (χ1v) is 6.05. The largest absolute Gasteiger partial charge is 0.396 e. The molecule has 0 spiro atoms. The van der Waals surface area contributed by atoms with Gasteiger partial charge in [0.05, 0.1) is 6.61 Å². The van der Waals surface area contributed by atoms with Crippen molar-refractivity contribution in [1.82, 2.24) is 5.32 Å². The van der Waals surface area contributed by atoms with E-state index in [1.807, 2.05) is 0 Å². The Kier molecular flexibility index (Phi) is 5.03. The lowest BCUT2D eigenvalue weighted by Crippen LogP contribution is -2.44. The maximum atomic E-state index is 9.09. The van der Waals surface area contributed by atoms with Crippen LogP contribution in [0.4, 0.5) is 0 Å². The van der Waals surface area contributed by atoms with Crippen molar-refractivity contribution in [3.8, 4) is 0 Å². The maximum Gasteiger partial charge on any atom is 0.0585 e. The van der Waals surface area contributed by atoms with Gasteiger partial charge in [0.1, 0.15) is 0 Å². The second kappa shape index (κ2) is 5.83. The van der Waals surface area contributed by atoms with Gasteiger partial charge in [0.25, 0.3) is 0 Å². The van der Waals surface area contributed by atoms with Crippen molar-refractivity contribution in [2.24, 2.45) is 11.3 Å². The van der Waals surface area contributed by atoms with Gasteiger partial charge in [-0.05, 0) is 30.6 Å². The minimum atomic E-state index is 0.0503. The van der Waals surface area contributed by atoms with Crippen molar-refractivity contribution >= 4 is 0 Å². The molecule has 0 aromatic heterocycles. The highest BCUT2D eigenvalue weighted by molar-refractivity contribution is 4.86. The van der Waals surface area contributed by atoms with Crippen molar-refractivity contribution in [3.63, 3.8) is 0 Å². The zero-order valence-electron chi connectivity index (χ0n) is 10.00. The van der Waals surface area contributed by atoms with E-state index in [-0.39, 0.29) is 19.3 Å². The summed E-state index contributed by atoms with van der Waals surface area (Å²) in [6.07, 6.45) is 4.70. The molecule has 1 aliphatic carbocycles. The molecule has 3 N–H and O–H groups in total. The summed E-state index contributed by atoms with van der Waals surface area (Å²) in [5, 5.41) is 21.3. The van der Waals surface area contributed by atoms with Gasteiger partial charge < -0.3 is 15.5 Å². The van der Waals surface area contributed by atoms with Crippen LogP contribution in [-0.2, 0) is 0 Å². The Labute approximate surface area is 92.9 Å². The fourth-order valence-corrected chi connectivity index (χ4v) is 2.16. The maximum absolute atomic E-state index is 9.09. The molecule has 0 aromatic rings. The fraction of sp³-hybridized carbons (Fsp3) is 1.00. The van der Waals surface area contributed by atoms with Crippen LogP contribution in [0, 0.1) is 11.3 Å². The topological polar surface area (TPSA) is 52.5 Å². The summed E-state index contributed by atoms with van der Waals surface area (Å²) < 4.78 is 0. The van der Waals surface area contributed by atoms with Crippen LogP contribution in [0.25, 0.3) is 0 Å². The quantitative estimate of drug-likeness (QED) is 0.597. The Morgan fingerprint density at radius 1 is 1.33 bits per heavy atom. The summed E-state index contributed by atoms with van der Waals surface area (Å²) in [6.45, 7) is 5.76. The second-order valence-electron chi connectivity index (χ2n) is 5.39. The van der Waals surface area contributed by atoms with Gasteiger partial charge in [-0.15, -0.1) is 0 Å². The third-order valence-electron chi connectivity index (χ3n) is 3.75. The molecule has 1 unspecified atom stereocenters. The van der Waals surface area contributed by atoms with Crippen LogP contribution in [-0.4, -0.2) is 36.0 Å². The molecule has 1 saturated carbocycles. The van der Waals surface area contributed by atoms with Crippen LogP contribution < -0.4 is 5.32 Å². The number of nitrogens with one attached hydrogen (secondary N) is 1. The van der Waals surface area contributed by atoms with Gasteiger partial charge in [-0.3, -0.25) is 0 Å². The highest BCUT2D eigenvalue weighted by Gasteiger charge is 2.33. The molecule has 1 fully saturated rings. The first-order chi connectivity index (χ1) is 7.10. The van der Waals surface area contributed by atoms with E-state index >= 15 is 0 Å². The lowest BCUT2D eigenvalue weighted by atomic mass is 9.67. The van der Waals surface area contributed by atoms with E-state index in [9.17, 15) is 0 Å². The Hall–Kier alpha value is -0.120. The van der Waals surface area contributed by atoms with Gasteiger partial charge in [0.2, 0.25) is 0 Å². The minimum Gasteiger partial charge on any atom is -0.396 e. The monoisotopic (exact) mass is 215 g/mol. The second-order valence-corrected chi connectivity index (χ2v) is 5.39. The molecule has 0 aromatic carbocycles. The van der Waals surface area contributed by atoms with Crippen LogP contribution >= 0.6 is 0 Å². The average Bonchev–Trinajstić information content (AvgIpc) is 2.08. The molecule has 0 radical (unpaired) electrons. The van der Waals surface area contributed by atoms with Gasteiger partial charge in [-0.2, -0.15) is 0 Å². The number of aliphatic hydroxyl groups is 2. The van der Waals surface area contributed by atoms with E-state index in [4.69, 9.17) is 10.2 Å². The van der Waals surface area contributed by atoms with Gasteiger partial charge >= 0.3 is 0 Å². The SMILES string of the molecule is CC(C)(CNC(CO)CCO)C1CCC1. The van der Waals surface area contributed by atoms with Crippen molar-refractivity contribution in [3.05, 3.63) is 0 Å². The highest BCUT2D eigenvalue weighted by atomic mass is 16.3. The molecular weight excluding hydrogens is 190 g/mol. The van der Waals surface area contributed by atoms with Crippen LogP contribution in [0.1, 0.15) is 39.5 Å². The van der Waals surface area contributed by atoms with E-state index in [0.29, 0.717) is 11.8 Å². The summed E-state index contributed by atoms with van der Waals surface area (Å²) >= 11 is 0. The molecule has 0 bridgehead atoms. The summed E-state index contributed by atoms with van der Waals surface area (Å²) in [4.78, 5) is 0. The van der Waals surface area contributed by atoms with Crippen molar-refractivity contribution in [2.45, 2.75) is 45.6 Å².